The molecule has 0 aliphatic heterocycles. The van der Waals surface area contributed by atoms with E-state index >= 15 is 0 Å². The molecule has 1 aromatic carbocycles. The summed E-state index contributed by atoms with van der Waals surface area (Å²) in [5, 5.41) is 0.696. The number of rotatable bonds is 5. The second kappa shape index (κ2) is 6.57. The number of nitrogens with zero attached hydrogens (tertiary/aromatic N) is 2. The number of halogens is 2. The molecule has 1 aliphatic rings. The van der Waals surface area contributed by atoms with E-state index in [1.165, 1.54) is 12.8 Å². The van der Waals surface area contributed by atoms with Gasteiger partial charge in [-0.05, 0) is 43.7 Å². The Balaban J connectivity index is 1.99. The van der Waals surface area contributed by atoms with E-state index in [9.17, 15) is 4.79 Å². The number of benzene rings is 1. The Hall–Kier alpha value is -1.10. The van der Waals surface area contributed by atoms with E-state index in [0.717, 1.165) is 16.6 Å². The molecular weight excluding hydrogens is 364 g/mol. The van der Waals surface area contributed by atoms with Crippen LogP contribution in [0.2, 0.25) is 5.02 Å². The van der Waals surface area contributed by atoms with Crippen molar-refractivity contribution >= 4 is 27.5 Å². The molecule has 0 saturated heterocycles. The normalized spacial score (nSPS) is 16.0. The lowest BCUT2D eigenvalue weighted by Gasteiger charge is -2.26. The van der Waals surface area contributed by atoms with Gasteiger partial charge in [-0.15, -0.1) is 0 Å². The van der Waals surface area contributed by atoms with Gasteiger partial charge < -0.3 is 9.47 Å². The van der Waals surface area contributed by atoms with E-state index in [4.69, 9.17) is 11.6 Å². The molecule has 1 saturated carbocycles. The van der Waals surface area contributed by atoms with Crippen molar-refractivity contribution in [2.75, 3.05) is 13.6 Å². The second-order valence-corrected chi connectivity index (χ2v) is 7.18. The summed E-state index contributed by atoms with van der Waals surface area (Å²) in [5.74, 6) is 0. The van der Waals surface area contributed by atoms with Crippen molar-refractivity contribution in [2.45, 2.75) is 24.9 Å². The Kier molecular flexibility index (Phi) is 4.71. The van der Waals surface area contributed by atoms with Gasteiger partial charge in [0.05, 0.1) is 6.04 Å². The van der Waals surface area contributed by atoms with E-state index in [0.29, 0.717) is 11.1 Å². The first-order valence-corrected chi connectivity index (χ1v) is 8.55. The highest BCUT2D eigenvalue weighted by Crippen LogP contribution is 2.29. The molecule has 0 N–H and O–H groups in total. The van der Waals surface area contributed by atoms with Crippen LogP contribution in [-0.4, -0.2) is 29.1 Å². The van der Waals surface area contributed by atoms with Gasteiger partial charge >= 0.3 is 0 Å². The molecule has 1 heterocycles. The molecule has 3 rings (SSSR count). The summed E-state index contributed by atoms with van der Waals surface area (Å²) < 4.78 is 2.59. The first-order valence-electron chi connectivity index (χ1n) is 7.38. The fourth-order valence-electron chi connectivity index (χ4n) is 2.73. The zero-order valence-electron chi connectivity index (χ0n) is 12.4. The lowest BCUT2D eigenvalue weighted by molar-refractivity contribution is 0.284. The van der Waals surface area contributed by atoms with Crippen LogP contribution in [0.3, 0.4) is 0 Å². The Morgan fingerprint density at radius 1 is 1.36 bits per heavy atom. The molecule has 0 radical (unpaired) electrons. The van der Waals surface area contributed by atoms with E-state index in [1.807, 2.05) is 36.5 Å². The summed E-state index contributed by atoms with van der Waals surface area (Å²) in [6, 6.07) is 11.9. The number of aromatic nitrogens is 1. The van der Waals surface area contributed by atoms with Crippen LogP contribution in [0.1, 0.15) is 24.4 Å². The average Bonchev–Trinajstić information content (AvgIpc) is 3.30. The maximum atomic E-state index is 12.4. The average molecular weight is 382 g/mol. The topological polar surface area (TPSA) is 25.2 Å². The van der Waals surface area contributed by atoms with Crippen molar-refractivity contribution in [3.63, 3.8) is 0 Å². The Morgan fingerprint density at radius 2 is 2.14 bits per heavy atom. The second-order valence-electron chi connectivity index (χ2n) is 5.83. The third-order valence-corrected chi connectivity index (χ3v) is 4.84. The predicted octanol–water partition coefficient (Wildman–Crippen LogP) is 3.95. The van der Waals surface area contributed by atoms with Gasteiger partial charge in [-0.1, -0.05) is 39.7 Å². The quantitative estimate of drug-likeness (QED) is 0.783. The zero-order chi connectivity index (χ0) is 15.7. The van der Waals surface area contributed by atoms with Gasteiger partial charge in [0, 0.05) is 34.3 Å². The molecule has 0 bridgehead atoms. The van der Waals surface area contributed by atoms with Gasteiger partial charge in [-0.3, -0.25) is 4.79 Å². The van der Waals surface area contributed by atoms with Crippen molar-refractivity contribution in [2.24, 2.45) is 0 Å². The highest BCUT2D eigenvalue weighted by molar-refractivity contribution is 9.10. The number of pyridine rings is 1. The summed E-state index contributed by atoms with van der Waals surface area (Å²) >= 11 is 9.50. The molecule has 1 unspecified atom stereocenters. The Bertz CT molecular complexity index is 727. The first-order chi connectivity index (χ1) is 10.5. The Labute approximate surface area is 143 Å². The lowest BCUT2D eigenvalue weighted by Crippen LogP contribution is -2.34. The van der Waals surface area contributed by atoms with Crippen LogP contribution in [0.25, 0.3) is 0 Å². The summed E-state index contributed by atoms with van der Waals surface area (Å²) in [7, 11) is 2.12. The fourth-order valence-corrected chi connectivity index (χ4v) is 3.24. The van der Waals surface area contributed by atoms with E-state index in [-0.39, 0.29) is 11.6 Å². The minimum Gasteiger partial charge on any atom is -0.307 e. The first kappa shape index (κ1) is 15.8. The van der Waals surface area contributed by atoms with Gasteiger partial charge in [0.1, 0.15) is 0 Å². The molecule has 0 amide bonds. The molecule has 1 aromatic heterocycles. The molecule has 1 aliphatic carbocycles. The molecule has 116 valence electrons. The summed E-state index contributed by atoms with van der Waals surface area (Å²) in [4.78, 5) is 14.7. The molecule has 2 aromatic rings. The summed E-state index contributed by atoms with van der Waals surface area (Å²) in [6.45, 7) is 0.798. The fraction of sp³-hybridized carbons (Fsp3) is 0.353. The van der Waals surface area contributed by atoms with Crippen LogP contribution in [0.4, 0.5) is 0 Å². The smallest absolute Gasteiger partial charge is 0.252 e. The van der Waals surface area contributed by atoms with Crippen molar-refractivity contribution in [3.8, 4) is 0 Å². The maximum absolute atomic E-state index is 12.4. The number of hydrogen-bond acceptors (Lipinski definition) is 2. The minimum absolute atomic E-state index is 0.0106. The maximum Gasteiger partial charge on any atom is 0.252 e. The van der Waals surface area contributed by atoms with Crippen LogP contribution >= 0.6 is 27.5 Å². The monoisotopic (exact) mass is 380 g/mol. The van der Waals surface area contributed by atoms with Crippen molar-refractivity contribution < 1.29 is 0 Å². The third-order valence-electron chi connectivity index (χ3n) is 4.11. The Morgan fingerprint density at radius 3 is 2.77 bits per heavy atom. The van der Waals surface area contributed by atoms with Gasteiger partial charge in [0.2, 0.25) is 0 Å². The van der Waals surface area contributed by atoms with Crippen molar-refractivity contribution in [1.82, 2.24) is 9.47 Å². The minimum atomic E-state index is -0.0371. The van der Waals surface area contributed by atoms with E-state index in [2.05, 4.69) is 27.9 Å². The lowest BCUT2D eigenvalue weighted by atomic mass is 10.1. The molecule has 0 spiro atoms. The number of hydrogen-bond donors (Lipinski definition) is 0. The van der Waals surface area contributed by atoms with Gasteiger partial charge in [0.25, 0.3) is 5.56 Å². The summed E-state index contributed by atoms with van der Waals surface area (Å²) in [5.41, 5.74) is 1.05. The SMILES string of the molecule is CN(CC(c1cccc(Cl)c1)n1ccc(Br)cc1=O)C1CC1. The van der Waals surface area contributed by atoms with Gasteiger partial charge in [0.15, 0.2) is 0 Å². The van der Waals surface area contributed by atoms with Crippen LogP contribution < -0.4 is 5.56 Å². The van der Waals surface area contributed by atoms with Crippen LogP contribution in [0, 0.1) is 0 Å². The highest BCUT2D eigenvalue weighted by Gasteiger charge is 2.29. The van der Waals surface area contributed by atoms with Crippen molar-refractivity contribution in [1.29, 1.82) is 0 Å². The standard InChI is InChI=1S/C17H18BrClN2O/c1-20(15-5-6-15)11-16(12-3-2-4-14(19)9-12)21-8-7-13(18)10-17(21)22/h2-4,7-10,15-16H,5-6,11H2,1H3. The molecular formula is C17H18BrClN2O. The largest absolute Gasteiger partial charge is 0.307 e. The van der Waals surface area contributed by atoms with Gasteiger partial charge in [-0.25, -0.2) is 0 Å². The van der Waals surface area contributed by atoms with Crippen LogP contribution in [0.15, 0.2) is 51.9 Å². The van der Waals surface area contributed by atoms with E-state index < -0.39 is 0 Å². The molecule has 1 atom stereocenters. The molecule has 5 heteroatoms. The molecule has 3 nitrogen and oxygen atoms in total. The summed E-state index contributed by atoms with van der Waals surface area (Å²) in [6.07, 6.45) is 4.33. The zero-order valence-corrected chi connectivity index (χ0v) is 14.7. The molecule has 1 fully saturated rings. The van der Waals surface area contributed by atoms with Crippen LogP contribution in [-0.2, 0) is 0 Å². The number of likely N-dealkylation sites (N-methyl/N-ethyl adjacent to an activating group) is 1. The van der Waals surface area contributed by atoms with Gasteiger partial charge in [-0.2, -0.15) is 0 Å². The van der Waals surface area contributed by atoms with Crippen molar-refractivity contribution in [3.05, 3.63) is 68.0 Å². The third kappa shape index (κ3) is 3.62. The highest BCUT2D eigenvalue weighted by atomic mass is 79.9. The van der Waals surface area contributed by atoms with Crippen LogP contribution in [0.5, 0.6) is 0 Å². The predicted molar refractivity (Wildman–Crippen MR) is 93.6 cm³/mol. The molecule has 22 heavy (non-hydrogen) atoms. The van der Waals surface area contributed by atoms with E-state index in [1.54, 1.807) is 10.6 Å².